The van der Waals surface area contributed by atoms with Crippen molar-refractivity contribution in [3.63, 3.8) is 0 Å². The van der Waals surface area contributed by atoms with E-state index in [0.29, 0.717) is 13.2 Å². The molecule has 10 aromatic rings. The molecule has 2 unspecified atom stereocenters. The van der Waals surface area contributed by atoms with Gasteiger partial charge in [0, 0.05) is 43.8 Å². The molecule has 2 heterocycles. The number of rotatable bonds is 14. The van der Waals surface area contributed by atoms with E-state index in [1.54, 1.807) is 0 Å². The molecule has 0 radical (unpaired) electrons. The predicted octanol–water partition coefficient (Wildman–Crippen LogP) is 25.4. The Hall–Kier alpha value is -6.56. The molecule has 2 aromatic heterocycles. The summed E-state index contributed by atoms with van der Waals surface area (Å²) in [5.74, 6) is 2.41. The fourth-order valence-electron chi connectivity index (χ4n) is 15.8. The number of phenols is 2. The zero-order chi connectivity index (χ0) is 68.2. The monoisotopic (exact) mass is 1380 g/mol. The van der Waals surface area contributed by atoms with E-state index in [2.05, 4.69) is 307 Å². The summed E-state index contributed by atoms with van der Waals surface area (Å²) in [7, 11) is 0. The number of nitrogens with zero attached hydrogens (tertiary/aromatic N) is 2. The molecule has 0 saturated heterocycles. The van der Waals surface area contributed by atoms with Crippen LogP contribution in [0.5, 0.6) is 23.0 Å². The standard InChI is InChI=1S/C88H110N2O4.2CH3.Zr/c1-81(2,3)53-87(19,20)61-47-69(79(91)75(49-61)89-71-39-35-57(83(7,8)9)43-65(71)66-44-58(84(10,11)12)36-40-72(66)89)63-31-25-27-33-77(63)93-51-55-29-23-24-30-56(55)52-94-78-34-28-26-32-64(78)70-48-62(88(21,22)54-82(4,5)6)50-76(80(70)92)90-73-41-37-59(85(13,14)15)45-67(73)68-46-60(86(16,17)18)38-42-74(68)90;;;/h25-28,31-50,55-56,91-92H,23-24,29-30,51-54H2,1-22H3;2*1H3;/q;2*-1;+2. The van der Waals surface area contributed by atoms with Gasteiger partial charge < -0.3 is 43.7 Å². The van der Waals surface area contributed by atoms with E-state index >= 15 is 0 Å². The minimum atomic E-state index is -0.247. The van der Waals surface area contributed by atoms with Crippen LogP contribution in [0.1, 0.15) is 224 Å². The normalized spacial score (nSPS) is 15.4. The van der Waals surface area contributed by atoms with Crippen molar-refractivity contribution in [2.45, 2.75) is 223 Å². The van der Waals surface area contributed by atoms with Crippen molar-refractivity contribution < 1.29 is 45.9 Å². The maximum absolute atomic E-state index is 13.2. The van der Waals surface area contributed by atoms with Crippen LogP contribution in [0.4, 0.5) is 0 Å². The second-order valence-electron chi connectivity index (χ2n) is 36.0. The fraction of sp³-hybridized carbons (Fsp3) is 0.444. The van der Waals surface area contributed by atoms with E-state index in [9.17, 15) is 10.2 Å². The average Bonchev–Trinajstić information content (AvgIpc) is 1.61. The van der Waals surface area contributed by atoms with Gasteiger partial charge in [0.15, 0.2) is 0 Å². The van der Waals surface area contributed by atoms with Gasteiger partial charge in [-0.2, -0.15) is 0 Å². The summed E-state index contributed by atoms with van der Waals surface area (Å²) in [6, 6.07) is 53.3. The molecule has 0 amide bonds. The molecule has 514 valence electrons. The predicted molar refractivity (Wildman–Crippen MR) is 414 cm³/mol. The van der Waals surface area contributed by atoms with Gasteiger partial charge in [0.05, 0.1) is 46.7 Å². The molecular weight excluding hydrogens is 1260 g/mol. The van der Waals surface area contributed by atoms with Gasteiger partial charge in [-0.15, -0.1) is 0 Å². The molecule has 6 nitrogen and oxygen atoms in total. The first-order valence-corrected chi connectivity index (χ1v) is 35.1. The number of ether oxygens (including phenoxy) is 2. The van der Waals surface area contributed by atoms with Crippen LogP contribution in [0.2, 0.25) is 0 Å². The van der Waals surface area contributed by atoms with Crippen molar-refractivity contribution in [3.8, 4) is 56.6 Å². The van der Waals surface area contributed by atoms with E-state index in [1.807, 2.05) is 0 Å². The van der Waals surface area contributed by atoms with Gasteiger partial charge in [-0.05, 0) is 199 Å². The Morgan fingerprint density at radius 3 is 0.897 bits per heavy atom. The maximum atomic E-state index is 13.2. The van der Waals surface area contributed by atoms with Crippen LogP contribution in [0.25, 0.3) is 77.2 Å². The average molecular weight is 1380 g/mol. The van der Waals surface area contributed by atoms with Gasteiger partial charge in [0.2, 0.25) is 0 Å². The first kappa shape index (κ1) is 76.2. The molecule has 1 saturated carbocycles. The number of hydrogen-bond donors (Lipinski definition) is 2. The van der Waals surface area contributed by atoms with Crippen LogP contribution in [0.3, 0.4) is 0 Å². The fourth-order valence-corrected chi connectivity index (χ4v) is 15.8. The van der Waals surface area contributed by atoms with Gasteiger partial charge in [-0.25, -0.2) is 0 Å². The summed E-state index contributed by atoms with van der Waals surface area (Å²) in [5.41, 5.74) is 15.9. The number of fused-ring (bicyclic) bond motifs is 6. The van der Waals surface area contributed by atoms with Crippen LogP contribution >= 0.6 is 0 Å². The zero-order valence-corrected chi connectivity index (χ0v) is 66.2. The Labute approximate surface area is 604 Å². The van der Waals surface area contributed by atoms with E-state index in [4.69, 9.17) is 9.47 Å². The third-order valence-electron chi connectivity index (χ3n) is 20.5. The minimum absolute atomic E-state index is 0. The maximum Gasteiger partial charge on any atom is 2.00 e. The van der Waals surface area contributed by atoms with Crippen LogP contribution < -0.4 is 9.47 Å². The smallest absolute Gasteiger partial charge is 0.505 e. The van der Waals surface area contributed by atoms with Gasteiger partial charge >= 0.3 is 26.2 Å². The first-order valence-electron chi connectivity index (χ1n) is 35.1. The van der Waals surface area contributed by atoms with Crippen LogP contribution in [0.15, 0.2) is 146 Å². The third kappa shape index (κ3) is 15.7. The Kier molecular flexibility index (Phi) is 21.6. The number of para-hydroxylation sites is 2. The van der Waals surface area contributed by atoms with E-state index in [-0.39, 0.29) is 108 Å². The van der Waals surface area contributed by atoms with E-state index < -0.39 is 0 Å². The quantitative estimate of drug-likeness (QED) is 0.106. The molecule has 2 N–H and O–H groups in total. The van der Waals surface area contributed by atoms with Crippen molar-refractivity contribution in [3.05, 3.63) is 194 Å². The Bertz CT molecular complexity index is 4060. The Morgan fingerprint density at radius 1 is 0.351 bits per heavy atom. The number of hydrogen-bond acceptors (Lipinski definition) is 4. The molecule has 0 aliphatic heterocycles. The van der Waals surface area contributed by atoms with Gasteiger partial charge in [-0.1, -0.05) is 226 Å². The molecule has 7 heteroatoms. The van der Waals surface area contributed by atoms with E-state index in [1.165, 1.54) is 54.9 Å². The minimum Gasteiger partial charge on any atom is -0.505 e. The molecule has 0 bridgehead atoms. The number of benzene rings is 8. The molecule has 1 aliphatic carbocycles. The topological polar surface area (TPSA) is 68.8 Å². The second kappa shape index (κ2) is 27.5. The summed E-state index contributed by atoms with van der Waals surface area (Å²) in [6.07, 6.45) is 6.17. The molecule has 1 fully saturated rings. The SMILES string of the molecule is CC(C)(C)CC(C)(C)c1cc(-c2ccccc2OCC2CCCCC2COc2ccccc2-c2cc(C(C)(C)CC(C)(C)C)cc(-n3c4ccc(C(C)(C)C)cc4c4cc(C(C)(C)C)ccc43)c2O)c(O)c(-n2c3ccc(C(C)(C)C)cc3c3cc(C(C)(C)C)ccc32)c1.[CH3-].[CH3-].[Zr+2]. The van der Waals surface area contributed by atoms with Crippen molar-refractivity contribution in [1.82, 2.24) is 9.13 Å². The van der Waals surface area contributed by atoms with Crippen molar-refractivity contribution in [2.24, 2.45) is 22.7 Å². The summed E-state index contributed by atoms with van der Waals surface area (Å²) in [4.78, 5) is 0. The Balaban J connectivity index is 0.00000401. The molecular formula is C90H116N2O4Zr. The summed E-state index contributed by atoms with van der Waals surface area (Å²) in [6.45, 7) is 51.7. The number of aromatic nitrogens is 2. The van der Waals surface area contributed by atoms with Gasteiger partial charge in [0.1, 0.15) is 23.0 Å². The number of aromatic hydroxyl groups is 2. The molecule has 0 spiro atoms. The zero-order valence-electron chi connectivity index (χ0n) is 63.8. The molecule has 2 atom stereocenters. The summed E-state index contributed by atoms with van der Waals surface area (Å²) >= 11 is 0. The molecule has 1 aliphatic rings. The first-order chi connectivity index (χ1) is 43.7. The Morgan fingerprint density at radius 2 is 0.629 bits per heavy atom. The van der Waals surface area contributed by atoms with E-state index in [0.717, 1.165) is 106 Å². The number of phenolic OH excluding ortho intramolecular Hbond substituents is 2. The summed E-state index contributed by atoms with van der Waals surface area (Å²) in [5, 5.41) is 31.2. The van der Waals surface area contributed by atoms with Crippen molar-refractivity contribution >= 4 is 43.6 Å². The molecule has 8 aromatic carbocycles. The van der Waals surface area contributed by atoms with Crippen LogP contribution in [-0.4, -0.2) is 32.6 Å². The third-order valence-corrected chi connectivity index (χ3v) is 20.5. The largest absolute Gasteiger partial charge is 2.00 e. The van der Waals surface area contributed by atoms with Gasteiger partial charge in [-0.3, -0.25) is 0 Å². The molecule has 11 rings (SSSR count). The van der Waals surface area contributed by atoms with Crippen molar-refractivity contribution in [2.75, 3.05) is 13.2 Å². The van der Waals surface area contributed by atoms with Crippen LogP contribution in [0, 0.1) is 37.5 Å². The van der Waals surface area contributed by atoms with Crippen LogP contribution in [-0.2, 0) is 58.7 Å². The van der Waals surface area contributed by atoms with Gasteiger partial charge in [0.25, 0.3) is 0 Å². The second-order valence-corrected chi connectivity index (χ2v) is 36.0. The molecule has 97 heavy (non-hydrogen) atoms. The van der Waals surface area contributed by atoms with Crippen molar-refractivity contribution in [1.29, 1.82) is 0 Å². The summed E-state index contributed by atoms with van der Waals surface area (Å²) < 4.78 is 19.0.